The first-order chi connectivity index (χ1) is 11.8. The molecule has 1 aliphatic heterocycles. The Morgan fingerprint density at radius 1 is 1.36 bits per heavy atom. The third-order valence-electron chi connectivity index (χ3n) is 4.04. The molecule has 0 saturated heterocycles. The number of halogens is 1. The molecule has 2 aromatic rings. The molecule has 1 aliphatic rings. The second kappa shape index (κ2) is 9.71. The Kier molecular flexibility index (Phi) is 7.63. The van der Waals surface area contributed by atoms with E-state index in [1.54, 1.807) is 14.2 Å². The molecule has 25 heavy (non-hydrogen) atoms. The minimum absolute atomic E-state index is 0. The van der Waals surface area contributed by atoms with Crippen LogP contribution in [0.15, 0.2) is 35.3 Å². The first-order valence-electron chi connectivity index (χ1n) is 8.21. The first-order valence-corrected chi connectivity index (χ1v) is 8.21. The fourth-order valence-corrected chi connectivity index (χ4v) is 2.84. The molecule has 1 aromatic heterocycles. The van der Waals surface area contributed by atoms with Crippen molar-refractivity contribution in [3.63, 3.8) is 0 Å². The smallest absolute Gasteiger partial charge is 0.191 e. The summed E-state index contributed by atoms with van der Waals surface area (Å²) in [5, 5.41) is 11.3. The molecule has 3 rings (SSSR count). The number of guanidine groups is 1. The molecule has 1 atom stereocenters. The summed E-state index contributed by atoms with van der Waals surface area (Å²) < 4.78 is 7.08. The Morgan fingerprint density at radius 2 is 2.16 bits per heavy atom. The number of ether oxygens (including phenoxy) is 1. The number of nitrogens with one attached hydrogen (secondary N) is 2. The van der Waals surface area contributed by atoms with E-state index in [0.717, 1.165) is 43.5 Å². The predicted molar refractivity (Wildman–Crippen MR) is 108 cm³/mol. The number of methoxy groups -OCH3 is 1. The molecule has 0 radical (unpaired) electrons. The van der Waals surface area contributed by atoms with Crippen LogP contribution in [0.3, 0.4) is 0 Å². The van der Waals surface area contributed by atoms with Crippen LogP contribution in [0.2, 0.25) is 0 Å². The monoisotopic (exact) mass is 456 g/mol. The van der Waals surface area contributed by atoms with Gasteiger partial charge in [0.2, 0.25) is 0 Å². The average Bonchev–Trinajstić information content (AvgIpc) is 3.01. The summed E-state index contributed by atoms with van der Waals surface area (Å²) in [5.74, 6) is 2.59. The Balaban J connectivity index is 0.00000225. The summed E-state index contributed by atoms with van der Waals surface area (Å²) in [7, 11) is 3.45. The maximum absolute atomic E-state index is 5.11. The highest BCUT2D eigenvalue weighted by Gasteiger charge is 2.22. The van der Waals surface area contributed by atoms with Crippen molar-refractivity contribution in [2.24, 2.45) is 4.99 Å². The Morgan fingerprint density at radius 3 is 2.88 bits per heavy atom. The Bertz CT molecular complexity index is 688. The van der Waals surface area contributed by atoms with Gasteiger partial charge in [0.1, 0.15) is 12.4 Å². The van der Waals surface area contributed by atoms with Crippen molar-refractivity contribution in [1.29, 1.82) is 0 Å². The van der Waals surface area contributed by atoms with Crippen LogP contribution in [-0.2, 0) is 30.9 Å². The van der Waals surface area contributed by atoms with Crippen molar-refractivity contribution in [2.75, 3.05) is 14.2 Å². The molecule has 1 aromatic carbocycles. The molecule has 0 saturated carbocycles. The van der Waals surface area contributed by atoms with Gasteiger partial charge in [-0.2, -0.15) is 5.10 Å². The number of hydrogen-bond acceptors (Lipinski definition) is 4. The number of rotatable bonds is 5. The zero-order chi connectivity index (χ0) is 16.8. The van der Waals surface area contributed by atoms with Gasteiger partial charge in [0.05, 0.1) is 6.54 Å². The van der Waals surface area contributed by atoms with Crippen LogP contribution in [-0.4, -0.2) is 40.9 Å². The van der Waals surface area contributed by atoms with E-state index in [-0.39, 0.29) is 30.0 Å². The quantitative estimate of drug-likeness (QED) is 0.407. The van der Waals surface area contributed by atoms with Gasteiger partial charge in [-0.15, -0.1) is 24.0 Å². The van der Waals surface area contributed by atoms with Crippen LogP contribution in [0.5, 0.6) is 0 Å². The largest absolute Gasteiger partial charge is 0.377 e. The van der Waals surface area contributed by atoms with Gasteiger partial charge < -0.3 is 15.4 Å². The van der Waals surface area contributed by atoms with Gasteiger partial charge in [-0.1, -0.05) is 30.3 Å². The van der Waals surface area contributed by atoms with E-state index < -0.39 is 0 Å². The first kappa shape index (κ1) is 19.6. The van der Waals surface area contributed by atoms with Crippen LogP contribution < -0.4 is 10.6 Å². The number of hydrogen-bond donors (Lipinski definition) is 2. The lowest BCUT2D eigenvalue weighted by molar-refractivity contribution is 0.177. The summed E-state index contributed by atoms with van der Waals surface area (Å²) in [4.78, 5) is 8.82. The van der Waals surface area contributed by atoms with E-state index in [1.165, 1.54) is 5.56 Å². The van der Waals surface area contributed by atoms with Gasteiger partial charge in [-0.25, -0.2) is 9.67 Å². The second-order valence-corrected chi connectivity index (χ2v) is 5.85. The maximum Gasteiger partial charge on any atom is 0.191 e. The normalized spacial score (nSPS) is 16.7. The van der Waals surface area contributed by atoms with Crippen LogP contribution >= 0.6 is 24.0 Å². The highest BCUT2D eigenvalue weighted by Crippen LogP contribution is 2.13. The third kappa shape index (κ3) is 5.40. The number of aryl methyl sites for hydroxylation is 1. The Labute approximate surface area is 165 Å². The molecular weight excluding hydrogens is 431 g/mol. The highest BCUT2D eigenvalue weighted by atomic mass is 127. The summed E-state index contributed by atoms with van der Waals surface area (Å²) in [6.45, 7) is 2.00. The zero-order valence-electron chi connectivity index (χ0n) is 14.6. The summed E-state index contributed by atoms with van der Waals surface area (Å²) in [6, 6.07) is 10.6. The molecule has 2 N–H and O–H groups in total. The van der Waals surface area contributed by atoms with Crippen molar-refractivity contribution in [2.45, 2.75) is 38.6 Å². The summed E-state index contributed by atoms with van der Waals surface area (Å²) >= 11 is 0. The number of aliphatic imine (C=N–C) groups is 1. The number of fused-ring (bicyclic) bond motifs is 1. The SMILES string of the molecule is CN=C(NCc1ccccc1)NC1CCc2nc(COC)nn2C1.I. The van der Waals surface area contributed by atoms with Gasteiger partial charge in [0.25, 0.3) is 0 Å². The van der Waals surface area contributed by atoms with Crippen molar-refractivity contribution >= 4 is 29.9 Å². The van der Waals surface area contributed by atoms with E-state index in [2.05, 4.69) is 37.8 Å². The van der Waals surface area contributed by atoms with Gasteiger partial charge in [0, 0.05) is 33.2 Å². The fraction of sp³-hybridized carbons (Fsp3) is 0.471. The van der Waals surface area contributed by atoms with E-state index in [4.69, 9.17) is 4.74 Å². The molecule has 0 fully saturated rings. The van der Waals surface area contributed by atoms with Crippen LogP contribution in [0.25, 0.3) is 0 Å². The minimum atomic E-state index is 0. The number of benzene rings is 1. The molecule has 2 heterocycles. The molecule has 1 unspecified atom stereocenters. The molecule has 136 valence electrons. The van der Waals surface area contributed by atoms with Gasteiger partial charge >= 0.3 is 0 Å². The van der Waals surface area contributed by atoms with Gasteiger partial charge in [-0.05, 0) is 12.0 Å². The van der Waals surface area contributed by atoms with Crippen molar-refractivity contribution in [3.05, 3.63) is 47.5 Å². The topological polar surface area (TPSA) is 76.4 Å². The van der Waals surface area contributed by atoms with E-state index >= 15 is 0 Å². The minimum Gasteiger partial charge on any atom is -0.377 e. The zero-order valence-corrected chi connectivity index (χ0v) is 16.9. The average molecular weight is 456 g/mol. The van der Waals surface area contributed by atoms with Crippen molar-refractivity contribution in [3.8, 4) is 0 Å². The van der Waals surface area contributed by atoms with Crippen molar-refractivity contribution in [1.82, 2.24) is 25.4 Å². The van der Waals surface area contributed by atoms with Crippen LogP contribution in [0, 0.1) is 0 Å². The summed E-state index contributed by atoms with van der Waals surface area (Å²) in [6.07, 6.45) is 1.92. The van der Waals surface area contributed by atoms with E-state index in [9.17, 15) is 0 Å². The van der Waals surface area contributed by atoms with Gasteiger partial charge in [0.15, 0.2) is 11.8 Å². The summed E-state index contributed by atoms with van der Waals surface area (Å²) in [5.41, 5.74) is 1.23. The molecule has 8 heteroatoms. The third-order valence-corrected chi connectivity index (χ3v) is 4.04. The molecule has 0 spiro atoms. The Hall–Kier alpha value is -1.68. The molecule has 0 bridgehead atoms. The number of aromatic nitrogens is 3. The van der Waals surface area contributed by atoms with E-state index in [0.29, 0.717) is 6.61 Å². The lowest BCUT2D eigenvalue weighted by Gasteiger charge is -2.25. The predicted octanol–water partition coefficient (Wildman–Crippen LogP) is 1.72. The molecule has 7 nitrogen and oxygen atoms in total. The van der Waals surface area contributed by atoms with E-state index in [1.807, 2.05) is 22.9 Å². The molecule has 0 aliphatic carbocycles. The lowest BCUT2D eigenvalue weighted by atomic mass is 10.1. The van der Waals surface area contributed by atoms with Gasteiger partial charge in [-0.3, -0.25) is 4.99 Å². The van der Waals surface area contributed by atoms with Crippen molar-refractivity contribution < 1.29 is 4.74 Å². The van der Waals surface area contributed by atoms with Crippen LogP contribution in [0.1, 0.15) is 23.6 Å². The van der Waals surface area contributed by atoms with Crippen LogP contribution in [0.4, 0.5) is 0 Å². The number of nitrogens with zero attached hydrogens (tertiary/aromatic N) is 4. The fourth-order valence-electron chi connectivity index (χ4n) is 2.84. The molecular formula is C17H25IN6O. The highest BCUT2D eigenvalue weighted by molar-refractivity contribution is 14.0. The lowest BCUT2D eigenvalue weighted by Crippen LogP contribution is -2.46. The standard InChI is InChI=1S/C17H24N6O.HI/c1-18-17(19-10-13-6-4-3-5-7-13)20-14-8-9-16-21-15(12-24-2)22-23(16)11-14;/h3-7,14H,8-12H2,1-2H3,(H2,18,19,20);1H. The second-order valence-electron chi connectivity index (χ2n) is 5.85. The molecule has 0 amide bonds. The maximum atomic E-state index is 5.11.